The summed E-state index contributed by atoms with van der Waals surface area (Å²) >= 11 is 0. The van der Waals surface area contributed by atoms with E-state index >= 15 is 0 Å². The van der Waals surface area contributed by atoms with E-state index in [0.29, 0.717) is 6.54 Å². The van der Waals surface area contributed by atoms with Crippen molar-refractivity contribution in [1.82, 2.24) is 5.32 Å². The average Bonchev–Trinajstić information content (AvgIpc) is 2.31. The molecule has 1 amide bonds. The number of anilines is 1. The number of carbonyl (C=O) groups is 1. The summed E-state index contributed by atoms with van der Waals surface area (Å²) in [7, 11) is 1.74. The average molecular weight is 224 g/mol. The van der Waals surface area contributed by atoms with Gasteiger partial charge in [-0.05, 0) is 45.2 Å². The first-order valence-electron chi connectivity index (χ1n) is 5.34. The summed E-state index contributed by atoms with van der Waals surface area (Å²) in [5.41, 5.74) is 0.719. The number of nitrogens with one attached hydrogen (secondary N) is 1. The van der Waals surface area contributed by atoms with Crippen LogP contribution in [-0.2, 0) is 4.79 Å². The van der Waals surface area contributed by atoms with E-state index in [2.05, 4.69) is 5.32 Å². The molecule has 1 aromatic rings. The molecule has 1 unspecified atom stereocenters. The van der Waals surface area contributed by atoms with Crippen LogP contribution in [0.15, 0.2) is 24.3 Å². The van der Waals surface area contributed by atoms with E-state index in [1.54, 1.807) is 31.0 Å². The Morgan fingerprint density at radius 2 is 2.00 bits per heavy atom. The highest BCUT2D eigenvalue weighted by Gasteiger charge is 2.18. The van der Waals surface area contributed by atoms with Crippen LogP contribution < -0.4 is 10.2 Å². The van der Waals surface area contributed by atoms with Gasteiger partial charge in [0.1, 0.15) is 5.82 Å². The van der Waals surface area contributed by atoms with Gasteiger partial charge in [0.05, 0.1) is 6.04 Å². The highest BCUT2D eigenvalue weighted by molar-refractivity contribution is 5.96. The van der Waals surface area contributed by atoms with Crippen molar-refractivity contribution in [2.24, 2.45) is 0 Å². The predicted octanol–water partition coefficient (Wildman–Crippen LogP) is 1.79. The van der Waals surface area contributed by atoms with E-state index in [-0.39, 0.29) is 17.8 Å². The molecule has 0 saturated carbocycles. The number of amides is 1. The Morgan fingerprint density at radius 1 is 1.44 bits per heavy atom. The molecule has 1 N–H and O–H groups in total. The van der Waals surface area contributed by atoms with Crippen LogP contribution >= 0.6 is 0 Å². The number of hydrogen-bond donors (Lipinski definition) is 1. The molecular weight excluding hydrogens is 207 g/mol. The van der Waals surface area contributed by atoms with Gasteiger partial charge in [-0.25, -0.2) is 4.39 Å². The van der Waals surface area contributed by atoms with Crippen molar-refractivity contribution < 1.29 is 9.18 Å². The Kier molecular flexibility index (Phi) is 4.43. The zero-order valence-corrected chi connectivity index (χ0v) is 9.83. The minimum Gasteiger partial charge on any atom is -0.311 e. The summed E-state index contributed by atoms with van der Waals surface area (Å²) in [5, 5.41) is 2.90. The SMILES string of the molecule is CCN(C(=O)C(C)NC)c1ccc(F)cc1. The van der Waals surface area contributed by atoms with Gasteiger partial charge in [0, 0.05) is 12.2 Å². The molecule has 0 spiro atoms. The molecule has 1 aromatic carbocycles. The second kappa shape index (κ2) is 5.61. The van der Waals surface area contributed by atoms with Gasteiger partial charge in [0.2, 0.25) is 5.91 Å². The fourth-order valence-electron chi connectivity index (χ4n) is 1.44. The molecule has 3 nitrogen and oxygen atoms in total. The van der Waals surface area contributed by atoms with Crippen LogP contribution in [0, 0.1) is 5.82 Å². The molecule has 0 aliphatic heterocycles. The molecule has 16 heavy (non-hydrogen) atoms. The minimum atomic E-state index is -0.297. The minimum absolute atomic E-state index is 0.0170. The molecule has 0 saturated heterocycles. The molecule has 0 heterocycles. The van der Waals surface area contributed by atoms with Gasteiger partial charge < -0.3 is 10.2 Å². The molecule has 0 radical (unpaired) electrons. The van der Waals surface area contributed by atoms with Crippen molar-refractivity contribution >= 4 is 11.6 Å². The van der Waals surface area contributed by atoms with E-state index in [0.717, 1.165) is 5.69 Å². The van der Waals surface area contributed by atoms with Crippen molar-refractivity contribution in [2.45, 2.75) is 19.9 Å². The molecule has 0 bridgehead atoms. The Bertz CT molecular complexity index is 351. The van der Waals surface area contributed by atoms with E-state index in [4.69, 9.17) is 0 Å². The first-order valence-corrected chi connectivity index (χ1v) is 5.34. The highest BCUT2D eigenvalue weighted by Crippen LogP contribution is 2.15. The second-order valence-corrected chi connectivity index (χ2v) is 3.57. The number of carbonyl (C=O) groups excluding carboxylic acids is 1. The smallest absolute Gasteiger partial charge is 0.243 e. The van der Waals surface area contributed by atoms with Gasteiger partial charge in [0.25, 0.3) is 0 Å². The first-order chi connectivity index (χ1) is 7.60. The normalized spacial score (nSPS) is 12.2. The number of rotatable bonds is 4. The lowest BCUT2D eigenvalue weighted by molar-refractivity contribution is -0.120. The molecule has 0 aromatic heterocycles. The van der Waals surface area contributed by atoms with Crippen LogP contribution in [0.5, 0.6) is 0 Å². The van der Waals surface area contributed by atoms with E-state index < -0.39 is 0 Å². The van der Waals surface area contributed by atoms with Gasteiger partial charge >= 0.3 is 0 Å². The van der Waals surface area contributed by atoms with Crippen LogP contribution in [0.2, 0.25) is 0 Å². The summed E-state index contributed by atoms with van der Waals surface area (Å²) in [6.07, 6.45) is 0. The quantitative estimate of drug-likeness (QED) is 0.845. The Labute approximate surface area is 95.3 Å². The lowest BCUT2D eigenvalue weighted by Gasteiger charge is -2.24. The molecule has 0 aliphatic carbocycles. The van der Waals surface area contributed by atoms with Gasteiger partial charge in [-0.2, -0.15) is 0 Å². The van der Waals surface area contributed by atoms with Crippen LogP contribution in [0.25, 0.3) is 0 Å². The van der Waals surface area contributed by atoms with E-state index in [9.17, 15) is 9.18 Å². The van der Waals surface area contributed by atoms with Crippen LogP contribution in [0.1, 0.15) is 13.8 Å². The molecular formula is C12H17FN2O. The molecule has 1 atom stereocenters. The second-order valence-electron chi connectivity index (χ2n) is 3.57. The largest absolute Gasteiger partial charge is 0.311 e. The number of nitrogens with zero attached hydrogens (tertiary/aromatic N) is 1. The third-order valence-corrected chi connectivity index (χ3v) is 2.52. The van der Waals surface area contributed by atoms with Crippen molar-refractivity contribution in [3.8, 4) is 0 Å². The molecule has 0 fully saturated rings. The van der Waals surface area contributed by atoms with Crippen molar-refractivity contribution in [1.29, 1.82) is 0 Å². The summed E-state index contributed by atoms with van der Waals surface area (Å²) in [4.78, 5) is 13.6. The number of benzene rings is 1. The summed E-state index contributed by atoms with van der Waals surface area (Å²) in [6, 6.07) is 5.69. The van der Waals surface area contributed by atoms with Gasteiger partial charge in [-0.15, -0.1) is 0 Å². The van der Waals surface area contributed by atoms with E-state index in [1.165, 1.54) is 12.1 Å². The van der Waals surface area contributed by atoms with Crippen LogP contribution in [-0.4, -0.2) is 25.5 Å². The topological polar surface area (TPSA) is 32.3 Å². The summed E-state index contributed by atoms with van der Waals surface area (Å²) in [5.74, 6) is -0.314. The van der Waals surface area contributed by atoms with Crippen molar-refractivity contribution in [3.05, 3.63) is 30.1 Å². The molecule has 4 heteroatoms. The zero-order chi connectivity index (χ0) is 12.1. The van der Waals surface area contributed by atoms with E-state index in [1.807, 2.05) is 6.92 Å². The molecule has 88 valence electrons. The third kappa shape index (κ3) is 2.79. The Balaban J connectivity index is 2.90. The number of halogens is 1. The monoisotopic (exact) mass is 224 g/mol. The number of likely N-dealkylation sites (N-methyl/N-ethyl adjacent to an activating group) is 2. The first kappa shape index (κ1) is 12.6. The lowest BCUT2D eigenvalue weighted by atomic mass is 10.2. The summed E-state index contributed by atoms with van der Waals surface area (Å²) < 4.78 is 12.8. The maximum Gasteiger partial charge on any atom is 0.243 e. The standard InChI is InChI=1S/C12H17FN2O/c1-4-15(12(16)9(2)14-3)11-7-5-10(13)6-8-11/h5-9,14H,4H2,1-3H3. The lowest BCUT2D eigenvalue weighted by Crippen LogP contribution is -2.43. The van der Waals surface area contributed by atoms with Crippen molar-refractivity contribution in [2.75, 3.05) is 18.5 Å². The fraction of sp³-hybridized carbons (Fsp3) is 0.417. The molecule has 0 aliphatic rings. The third-order valence-electron chi connectivity index (χ3n) is 2.52. The predicted molar refractivity (Wildman–Crippen MR) is 62.9 cm³/mol. The summed E-state index contributed by atoms with van der Waals surface area (Å²) in [6.45, 7) is 4.26. The maximum atomic E-state index is 12.8. The maximum absolute atomic E-state index is 12.8. The van der Waals surface area contributed by atoms with Crippen LogP contribution in [0.4, 0.5) is 10.1 Å². The van der Waals surface area contributed by atoms with Gasteiger partial charge in [0.15, 0.2) is 0 Å². The van der Waals surface area contributed by atoms with Gasteiger partial charge in [-0.3, -0.25) is 4.79 Å². The number of hydrogen-bond acceptors (Lipinski definition) is 2. The molecule has 1 rings (SSSR count). The van der Waals surface area contributed by atoms with Crippen molar-refractivity contribution in [3.63, 3.8) is 0 Å². The zero-order valence-electron chi connectivity index (χ0n) is 9.83. The Hall–Kier alpha value is -1.42. The fourth-order valence-corrected chi connectivity index (χ4v) is 1.44. The van der Waals surface area contributed by atoms with Crippen LogP contribution in [0.3, 0.4) is 0 Å². The highest BCUT2D eigenvalue weighted by atomic mass is 19.1. The Morgan fingerprint density at radius 3 is 2.44 bits per heavy atom. The van der Waals surface area contributed by atoms with Gasteiger partial charge in [-0.1, -0.05) is 0 Å².